The zero-order valence-corrected chi connectivity index (χ0v) is 7.50. The monoisotopic (exact) mass is 173 g/mol. The summed E-state index contributed by atoms with van der Waals surface area (Å²) >= 11 is 0. The number of carbonyl (C=O) groups excluding carboxylic acids is 1. The van der Waals surface area contributed by atoms with Gasteiger partial charge < -0.3 is 5.32 Å². The fraction of sp³-hybridized carbons (Fsp3) is 0.0909. The quantitative estimate of drug-likeness (QED) is 0.684. The average molecular weight is 173 g/mol. The van der Waals surface area contributed by atoms with Gasteiger partial charge in [0.05, 0.1) is 0 Å². The fourth-order valence-electron chi connectivity index (χ4n) is 1.03. The van der Waals surface area contributed by atoms with Gasteiger partial charge in [-0.3, -0.25) is 4.79 Å². The second kappa shape index (κ2) is 4.29. The van der Waals surface area contributed by atoms with Crippen molar-refractivity contribution in [3.8, 4) is 0 Å². The smallest absolute Gasteiger partial charge is 0.221 e. The van der Waals surface area contributed by atoms with E-state index in [-0.39, 0.29) is 5.91 Å². The van der Waals surface area contributed by atoms with Crippen molar-refractivity contribution in [1.29, 1.82) is 0 Å². The molecular weight excluding hydrogens is 162 g/mol. The lowest BCUT2D eigenvalue weighted by Gasteiger charge is -2.01. The van der Waals surface area contributed by atoms with Crippen LogP contribution in [-0.4, -0.2) is 5.91 Å². The van der Waals surface area contributed by atoms with Gasteiger partial charge in [0.25, 0.3) is 0 Å². The maximum atomic E-state index is 10.7. The standard InChI is InChI=1S/C11H11NO/c1-3-5-10-6-4-7-11(8-10)12-9(2)13/h4-8H,1H2,2H3,(H,12,13). The van der Waals surface area contributed by atoms with E-state index in [1.807, 2.05) is 24.3 Å². The second-order valence-corrected chi connectivity index (χ2v) is 2.66. The number of nitrogens with one attached hydrogen (secondary N) is 1. The molecule has 0 aliphatic carbocycles. The van der Waals surface area contributed by atoms with E-state index in [0.717, 1.165) is 11.3 Å². The Hall–Kier alpha value is -1.79. The van der Waals surface area contributed by atoms with Crippen molar-refractivity contribution in [3.63, 3.8) is 0 Å². The molecule has 2 heteroatoms. The van der Waals surface area contributed by atoms with Crippen molar-refractivity contribution in [1.82, 2.24) is 0 Å². The van der Waals surface area contributed by atoms with Crippen LogP contribution >= 0.6 is 0 Å². The molecule has 1 amide bonds. The van der Waals surface area contributed by atoms with Crippen LogP contribution in [0, 0.1) is 0 Å². The third-order valence-corrected chi connectivity index (χ3v) is 1.48. The largest absolute Gasteiger partial charge is 0.326 e. The summed E-state index contributed by atoms with van der Waals surface area (Å²) in [6.45, 7) is 4.96. The van der Waals surface area contributed by atoms with Gasteiger partial charge in [-0.1, -0.05) is 18.7 Å². The zero-order valence-electron chi connectivity index (χ0n) is 7.50. The van der Waals surface area contributed by atoms with Crippen LogP contribution in [-0.2, 0) is 4.79 Å². The summed E-state index contributed by atoms with van der Waals surface area (Å²) in [6, 6.07) is 7.49. The lowest BCUT2D eigenvalue weighted by Crippen LogP contribution is -2.05. The van der Waals surface area contributed by atoms with Crippen LogP contribution in [0.25, 0.3) is 6.08 Å². The van der Waals surface area contributed by atoms with Crippen molar-refractivity contribution in [2.45, 2.75) is 6.92 Å². The molecule has 13 heavy (non-hydrogen) atoms. The van der Waals surface area contributed by atoms with Crippen molar-refractivity contribution in [3.05, 3.63) is 42.1 Å². The molecule has 0 aromatic heterocycles. The lowest BCUT2D eigenvalue weighted by molar-refractivity contribution is -0.114. The van der Waals surface area contributed by atoms with Gasteiger partial charge in [0.15, 0.2) is 0 Å². The fourth-order valence-corrected chi connectivity index (χ4v) is 1.03. The predicted octanol–water partition coefficient (Wildman–Crippen LogP) is 2.44. The first-order valence-electron chi connectivity index (χ1n) is 3.96. The first-order chi connectivity index (χ1) is 6.22. The maximum absolute atomic E-state index is 10.7. The van der Waals surface area contributed by atoms with Gasteiger partial charge >= 0.3 is 0 Å². The highest BCUT2D eigenvalue weighted by Gasteiger charge is 1.94. The molecule has 1 rings (SSSR count). The molecule has 0 heterocycles. The first-order valence-corrected chi connectivity index (χ1v) is 3.96. The zero-order chi connectivity index (χ0) is 9.68. The number of amides is 1. The summed E-state index contributed by atoms with van der Waals surface area (Å²) < 4.78 is 0. The summed E-state index contributed by atoms with van der Waals surface area (Å²) in [5.74, 6) is -0.0697. The van der Waals surface area contributed by atoms with Crippen LogP contribution in [0.5, 0.6) is 0 Å². The van der Waals surface area contributed by atoms with Crippen LogP contribution in [0.2, 0.25) is 0 Å². The minimum Gasteiger partial charge on any atom is -0.326 e. The molecule has 0 fully saturated rings. The van der Waals surface area contributed by atoms with E-state index in [0.29, 0.717) is 0 Å². The Morgan fingerprint density at radius 1 is 1.62 bits per heavy atom. The number of rotatable bonds is 2. The second-order valence-electron chi connectivity index (χ2n) is 2.66. The number of anilines is 1. The molecule has 0 aliphatic rings. The third kappa shape index (κ3) is 2.97. The van der Waals surface area contributed by atoms with Crippen LogP contribution in [0.1, 0.15) is 12.5 Å². The van der Waals surface area contributed by atoms with Gasteiger partial charge in [-0.25, -0.2) is 0 Å². The van der Waals surface area contributed by atoms with Crippen molar-refractivity contribution >= 4 is 17.7 Å². The Morgan fingerprint density at radius 2 is 2.38 bits per heavy atom. The van der Waals surface area contributed by atoms with Gasteiger partial charge in [0, 0.05) is 12.6 Å². The van der Waals surface area contributed by atoms with Gasteiger partial charge in [0.2, 0.25) is 5.91 Å². The average Bonchev–Trinajstić information content (AvgIpc) is 2.04. The minimum atomic E-state index is -0.0697. The lowest BCUT2D eigenvalue weighted by atomic mass is 10.2. The van der Waals surface area contributed by atoms with Crippen molar-refractivity contribution < 1.29 is 4.79 Å². The van der Waals surface area contributed by atoms with Crippen LogP contribution in [0.4, 0.5) is 5.69 Å². The molecule has 0 bridgehead atoms. The molecule has 66 valence electrons. The molecular formula is C11H11NO. The molecule has 1 aromatic carbocycles. The van der Waals surface area contributed by atoms with E-state index < -0.39 is 0 Å². The van der Waals surface area contributed by atoms with E-state index in [4.69, 9.17) is 0 Å². The maximum Gasteiger partial charge on any atom is 0.221 e. The Labute approximate surface area is 77.6 Å². The first kappa shape index (κ1) is 9.30. The highest BCUT2D eigenvalue weighted by atomic mass is 16.1. The van der Waals surface area contributed by atoms with Crippen molar-refractivity contribution in [2.24, 2.45) is 0 Å². The third-order valence-electron chi connectivity index (χ3n) is 1.48. The molecule has 0 atom stereocenters. The number of hydrogen-bond donors (Lipinski definition) is 1. The molecule has 0 radical (unpaired) electrons. The van der Waals surface area contributed by atoms with E-state index in [1.165, 1.54) is 6.92 Å². The minimum absolute atomic E-state index is 0.0697. The van der Waals surface area contributed by atoms with E-state index >= 15 is 0 Å². The summed E-state index contributed by atoms with van der Waals surface area (Å²) in [4.78, 5) is 10.7. The van der Waals surface area contributed by atoms with Gasteiger partial charge in [-0.2, -0.15) is 0 Å². The van der Waals surface area contributed by atoms with Crippen LogP contribution in [0.15, 0.2) is 36.6 Å². The summed E-state index contributed by atoms with van der Waals surface area (Å²) in [7, 11) is 0. The van der Waals surface area contributed by atoms with Crippen LogP contribution in [0.3, 0.4) is 0 Å². The topological polar surface area (TPSA) is 29.1 Å². The van der Waals surface area contributed by atoms with E-state index in [2.05, 4.69) is 17.6 Å². The number of carbonyl (C=O) groups is 1. The molecule has 0 saturated carbocycles. The van der Waals surface area contributed by atoms with Gasteiger partial charge in [-0.05, 0) is 23.8 Å². The molecule has 0 saturated heterocycles. The number of hydrogen-bond acceptors (Lipinski definition) is 1. The molecule has 0 spiro atoms. The molecule has 0 aliphatic heterocycles. The highest BCUT2D eigenvalue weighted by molar-refractivity contribution is 5.88. The SMILES string of the molecule is C=C=Cc1cccc(NC(C)=O)c1. The Kier molecular flexibility index (Phi) is 3.07. The molecule has 1 aromatic rings. The van der Waals surface area contributed by atoms with E-state index in [9.17, 15) is 4.79 Å². The molecule has 2 nitrogen and oxygen atoms in total. The molecule has 0 unspecified atom stereocenters. The summed E-state index contributed by atoms with van der Waals surface area (Å²) in [5, 5.41) is 2.70. The Balaban J connectivity index is 2.91. The van der Waals surface area contributed by atoms with Gasteiger partial charge in [0.1, 0.15) is 0 Å². The Bertz CT molecular complexity index is 362. The normalized spacial score (nSPS) is 8.69. The van der Waals surface area contributed by atoms with E-state index in [1.54, 1.807) is 6.08 Å². The summed E-state index contributed by atoms with van der Waals surface area (Å²) in [5.41, 5.74) is 4.44. The van der Waals surface area contributed by atoms with Crippen molar-refractivity contribution in [2.75, 3.05) is 5.32 Å². The molecule has 1 N–H and O–H groups in total. The Morgan fingerprint density at radius 3 is 3.00 bits per heavy atom. The highest BCUT2D eigenvalue weighted by Crippen LogP contribution is 2.11. The predicted molar refractivity (Wildman–Crippen MR) is 54.3 cm³/mol. The van der Waals surface area contributed by atoms with Crippen LogP contribution < -0.4 is 5.32 Å². The summed E-state index contributed by atoms with van der Waals surface area (Å²) in [6.07, 6.45) is 1.76. The van der Waals surface area contributed by atoms with Gasteiger partial charge in [-0.15, -0.1) is 5.73 Å². The number of benzene rings is 1.